The molecule has 1 rings (SSSR count). The molecule has 12 heteroatoms. The van der Waals surface area contributed by atoms with Crippen LogP contribution in [0.3, 0.4) is 0 Å². The van der Waals surface area contributed by atoms with Crippen LogP contribution < -0.4 is 16.0 Å². The maximum Gasteiger partial charge on any atom is 0.325 e. The third kappa shape index (κ3) is 6.73. The highest BCUT2D eigenvalue weighted by atomic mass is 35.5. The van der Waals surface area contributed by atoms with Gasteiger partial charge in [-0.3, -0.25) is 29.8 Å². The minimum Gasteiger partial charge on any atom is -0.454 e. The van der Waals surface area contributed by atoms with Gasteiger partial charge < -0.3 is 15.4 Å². The highest BCUT2D eigenvalue weighted by Gasteiger charge is 2.17. The third-order valence-electron chi connectivity index (χ3n) is 2.75. The predicted octanol–water partition coefficient (Wildman–Crippen LogP) is 0.367. The molecular weight excluding hydrogens is 372 g/mol. The summed E-state index contributed by atoms with van der Waals surface area (Å²) in [5, 5.41) is 17.1. The summed E-state index contributed by atoms with van der Waals surface area (Å²) >= 11 is 5.64. The minimum atomic E-state index is -0.937. The van der Waals surface area contributed by atoms with Crippen molar-refractivity contribution in [2.75, 3.05) is 19.7 Å². The van der Waals surface area contributed by atoms with E-state index in [1.165, 1.54) is 12.1 Å². The van der Waals surface area contributed by atoms with Crippen molar-refractivity contribution >= 4 is 41.1 Å². The molecule has 0 bridgehead atoms. The minimum absolute atomic E-state index is 0.0807. The molecule has 0 aliphatic rings. The quantitative estimate of drug-likeness (QED) is 0.347. The standard InChI is InChI=1S/C14H15ClN4O7/c1-2-16-14(23)18-11(20)7-26-12(21)6-17-13(22)8-3-4-9(15)10(5-8)19(24)25/h3-5H,2,6-7H2,1H3,(H,17,22)(H2,16,18,20,23). The van der Waals surface area contributed by atoms with Crippen molar-refractivity contribution in [3.63, 3.8) is 0 Å². The van der Waals surface area contributed by atoms with Gasteiger partial charge in [-0.1, -0.05) is 11.6 Å². The highest BCUT2D eigenvalue weighted by molar-refractivity contribution is 6.32. The van der Waals surface area contributed by atoms with Gasteiger partial charge in [-0.15, -0.1) is 0 Å². The number of benzene rings is 1. The predicted molar refractivity (Wildman–Crippen MR) is 88.6 cm³/mol. The summed E-state index contributed by atoms with van der Waals surface area (Å²) in [5.74, 6) is -2.55. The van der Waals surface area contributed by atoms with Crippen molar-refractivity contribution in [3.05, 3.63) is 38.9 Å². The number of nitro groups is 1. The molecule has 1 aromatic rings. The molecule has 0 radical (unpaired) electrons. The lowest BCUT2D eigenvalue weighted by Crippen LogP contribution is -2.41. The smallest absolute Gasteiger partial charge is 0.325 e. The molecular formula is C14H15ClN4O7. The Balaban J connectivity index is 2.46. The van der Waals surface area contributed by atoms with E-state index in [2.05, 4.69) is 15.4 Å². The normalized spacial score (nSPS) is 9.77. The molecule has 26 heavy (non-hydrogen) atoms. The van der Waals surface area contributed by atoms with Crippen LogP contribution in [0.5, 0.6) is 0 Å². The fraction of sp³-hybridized carbons (Fsp3) is 0.286. The summed E-state index contributed by atoms with van der Waals surface area (Å²) in [5.41, 5.74) is -0.535. The van der Waals surface area contributed by atoms with E-state index in [1.807, 2.05) is 5.32 Å². The number of ether oxygens (including phenoxy) is 1. The molecule has 0 saturated carbocycles. The zero-order valence-corrected chi connectivity index (χ0v) is 14.3. The Hall–Kier alpha value is -3.21. The van der Waals surface area contributed by atoms with Gasteiger partial charge in [0, 0.05) is 18.2 Å². The lowest BCUT2D eigenvalue weighted by Gasteiger charge is -2.07. The van der Waals surface area contributed by atoms with E-state index in [-0.39, 0.29) is 10.6 Å². The summed E-state index contributed by atoms with van der Waals surface area (Å²) < 4.78 is 4.58. The molecule has 4 amide bonds. The second kappa shape index (κ2) is 9.93. The van der Waals surface area contributed by atoms with Crippen LogP contribution in [-0.2, 0) is 14.3 Å². The Morgan fingerprint density at radius 3 is 2.54 bits per heavy atom. The van der Waals surface area contributed by atoms with Gasteiger partial charge in [0.25, 0.3) is 17.5 Å². The highest BCUT2D eigenvalue weighted by Crippen LogP contribution is 2.24. The molecule has 0 saturated heterocycles. The molecule has 0 atom stereocenters. The average molecular weight is 387 g/mol. The number of hydrogen-bond donors (Lipinski definition) is 3. The van der Waals surface area contributed by atoms with Crippen molar-refractivity contribution in [2.45, 2.75) is 6.92 Å². The first kappa shape index (κ1) is 20.8. The van der Waals surface area contributed by atoms with Gasteiger partial charge in [0.05, 0.1) is 4.92 Å². The van der Waals surface area contributed by atoms with Crippen LogP contribution in [0.15, 0.2) is 18.2 Å². The van der Waals surface area contributed by atoms with Gasteiger partial charge in [-0.2, -0.15) is 0 Å². The maximum absolute atomic E-state index is 11.9. The fourth-order valence-corrected chi connectivity index (χ4v) is 1.80. The van der Waals surface area contributed by atoms with E-state index in [1.54, 1.807) is 6.92 Å². The van der Waals surface area contributed by atoms with E-state index in [9.17, 15) is 29.3 Å². The van der Waals surface area contributed by atoms with Crippen molar-refractivity contribution in [2.24, 2.45) is 0 Å². The summed E-state index contributed by atoms with van der Waals surface area (Å²) in [4.78, 5) is 55.8. The molecule has 0 heterocycles. The first-order valence-corrected chi connectivity index (χ1v) is 7.57. The molecule has 140 valence electrons. The van der Waals surface area contributed by atoms with Crippen LogP contribution in [0.1, 0.15) is 17.3 Å². The third-order valence-corrected chi connectivity index (χ3v) is 3.07. The number of nitro benzene ring substituents is 1. The maximum atomic E-state index is 11.9. The van der Waals surface area contributed by atoms with Crippen LogP contribution >= 0.6 is 11.6 Å². The Bertz CT molecular complexity index is 738. The van der Waals surface area contributed by atoms with E-state index in [4.69, 9.17) is 11.6 Å². The SMILES string of the molecule is CCNC(=O)NC(=O)COC(=O)CNC(=O)c1ccc(Cl)c([N+](=O)[O-])c1. The van der Waals surface area contributed by atoms with E-state index in [0.29, 0.717) is 6.54 Å². The number of nitrogens with one attached hydrogen (secondary N) is 3. The summed E-state index contributed by atoms with van der Waals surface area (Å²) in [6.45, 7) is 0.678. The summed E-state index contributed by atoms with van der Waals surface area (Å²) in [7, 11) is 0. The number of hydrogen-bond acceptors (Lipinski definition) is 7. The molecule has 0 unspecified atom stereocenters. The van der Waals surface area contributed by atoms with Gasteiger partial charge in [-0.25, -0.2) is 4.79 Å². The van der Waals surface area contributed by atoms with Crippen LogP contribution in [0.25, 0.3) is 0 Å². The van der Waals surface area contributed by atoms with Crippen LogP contribution in [0.4, 0.5) is 10.5 Å². The second-order valence-electron chi connectivity index (χ2n) is 4.67. The topological polar surface area (TPSA) is 157 Å². The largest absolute Gasteiger partial charge is 0.454 e. The van der Waals surface area contributed by atoms with Gasteiger partial charge in [0.2, 0.25) is 0 Å². The number of halogens is 1. The lowest BCUT2D eigenvalue weighted by molar-refractivity contribution is -0.384. The number of urea groups is 1. The zero-order chi connectivity index (χ0) is 19.7. The van der Waals surface area contributed by atoms with Crippen LogP contribution in [0.2, 0.25) is 5.02 Å². The van der Waals surface area contributed by atoms with Gasteiger partial charge in [0.15, 0.2) is 6.61 Å². The van der Waals surface area contributed by atoms with Gasteiger partial charge >= 0.3 is 12.0 Å². The van der Waals surface area contributed by atoms with E-state index in [0.717, 1.165) is 6.07 Å². The number of imide groups is 1. The Morgan fingerprint density at radius 2 is 1.92 bits per heavy atom. The van der Waals surface area contributed by atoms with Crippen LogP contribution in [-0.4, -0.2) is 48.4 Å². The molecule has 0 spiro atoms. The van der Waals surface area contributed by atoms with Crippen molar-refractivity contribution in [1.29, 1.82) is 0 Å². The first-order chi connectivity index (χ1) is 12.2. The molecule has 3 N–H and O–H groups in total. The van der Waals surface area contributed by atoms with Crippen molar-refractivity contribution < 1.29 is 28.8 Å². The number of nitrogens with zero attached hydrogens (tertiary/aromatic N) is 1. The van der Waals surface area contributed by atoms with Crippen molar-refractivity contribution in [1.82, 2.24) is 16.0 Å². The molecule has 0 aliphatic heterocycles. The number of carbonyl (C=O) groups excluding carboxylic acids is 4. The summed E-state index contributed by atoms with van der Waals surface area (Å²) in [6, 6.07) is 2.66. The van der Waals surface area contributed by atoms with Crippen molar-refractivity contribution in [3.8, 4) is 0 Å². The Morgan fingerprint density at radius 1 is 1.23 bits per heavy atom. The van der Waals surface area contributed by atoms with E-state index < -0.39 is 47.6 Å². The number of carbonyl (C=O) groups is 4. The second-order valence-corrected chi connectivity index (χ2v) is 5.08. The number of rotatable bonds is 7. The van der Waals surface area contributed by atoms with Gasteiger partial charge in [0.1, 0.15) is 11.6 Å². The fourth-order valence-electron chi connectivity index (χ4n) is 1.61. The number of amides is 4. The molecule has 0 fully saturated rings. The Labute approximate surface area is 152 Å². The first-order valence-electron chi connectivity index (χ1n) is 7.20. The Kier molecular flexibility index (Phi) is 7.96. The monoisotopic (exact) mass is 386 g/mol. The van der Waals surface area contributed by atoms with E-state index >= 15 is 0 Å². The molecule has 11 nitrogen and oxygen atoms in total. The average Bonchev–Trinajstić information content (AvgIpc) is 2.58. The van der Waals surface area contributed by atoms with Gasteiger partial charge in [-0.05, 0) is 19.1 Å². The summed E-state index contributed by atoms with van der Waals surface area (Å²) in [6.07, 6.45) is 0. The van der Waals surface area contributed by atoms with Crippen LogP contribution in [0, 0.1) is 10.1 Å². The zero-order valence-electron chi connectivity index (χ0n) is 13.5. The number of esters is 1. The molecule has 1 aromatic carbocycles. The molecule has 0 aromatic heterocycles. The lowest BCUT2D eigenvalue weighted by atomic mass is 10.2. The molecule has 0 aliphatic carbocycles.